The lowest BCUT2D eigenvalue weighted by molar-refractivity contribution is -0.117. The molecule has 0 radical (unpaired) electrons. The van der Waals surface area contributed by atoms with Gasteiger partial charge in [-0.15, -0.1) is 0 Å². The first-order valence-corrected chi connectivity index (χ1v) is 3.94. The molecule has 11 heavy (non-hydrogen) atoms. The fourth-order valence-electron chi connectivity index (χ4n) is 0.538. The van der Waals surface area contributed by atoms with Crippen LogP contribution in [0.1, 0.15) is 6.92 Å². The number of aromatic nitrogens is 1. The fraction of sp³-hybridized carbons (Fsp3) is 0.143. The topological polar surface area (TPSA) is 42.0 Å². The molecular formula is C7H8N2OS. The molecule has 0 aromatic carbocycles. The van der Waals surface area contributed by atoms with Crippen molar-refractivity contribution in [1.29, 1.82) is 0 Å². The molecule has 0 saturated carbocycles. The molecule has 3 nitrogen and oxygen atoms in total. The van der Waals surface area contributed by atoms with Crippen molar-refractivity contribution in [2.45, 2.75) is 11.8 Å². The van der Waals surface area contributed by atoms with Gasteiger partial charge in [0, 0.05) is 24.2 Å². The molecule has 1 rings (SSSR count). The summed E-state index contributed by atoms with van der Waals surface area (Å²) in [5, 5.41) is 0. The summed E-state index contributed by atoms with van der Waals surface area (Å²) in [4.78, 5) is 15.3. The maximum atomic E-state index is 10.5. The summed E-state index contributed by atoms with van der Waals surface area (Å²) >= 11 is 1.27. The summed E-state index contributed by atoms with van der Waals surface area (Å²) in [6.45, 7) is 1.48. The van der Waals surface area contributed by atoms with Gasteiger partial charge in [-0.1, -0.05) is 0 Å². The lowest BCUT2D eigenvalue weighted by Crippen LogP contribution is -2.09. The zero-order valence-electron chi connectivity index (χ0n) is 6.07. The summed E-state index contributed by atoms with van der Waals surface area (Å²) in [5.74, 6) is -0.0566. The normalized spacial score (nSPS) is 9.18. The second-order valence-corrected chi connectivity index (χ2v) is 2.83. The Hall–Kier alpha value is -1.03. The van der Waals surface area contributed by atoms with Gasteiger partial charge in [0.15, 0.2) is 0 Å². The van der Waals surface area contributed by atoms with Crippen LogP contribution in [0, 0.1) is 0 Å². The van der Waals surface area contributed by atoms with Crippen LogP contribution in [-0.2, 0) is 4.79 Å². The highest BCUT2D eigenvalue weighted by molar-refractivity contribution is 7.98. The van der Waals surface area contributed by atoms with E-state index in [9.17, 15) is 4.79 Å². The van der Waals surface area contributed by atoms with Crippen LogP contribution in [0.15, 0.2) is 29.4 Å². The van der Waals surface area contributed by atoms with Crippen LogP contribution in [-0.4, -0.2) is 10.9 Å². The predicted octanol–water partition coefficient (Wildman–Crippen LogP) is 1.22. The number of hydrogen-bond acceptors (Lipinski definition) is 3. The van der Waals surface area contributed by atoms with Crippen LogP contribution in [0.5, 0.6) is 0 Å². The van der Waals surface area contributed by atoms with E-state index in [2.05, 4.69) is 9.71 Å². The Labute approximate surface area is 69.4 Å². The maximum absolute atomic E-state index is 10.5. The predicted molar refractivity (Wildman–Crippen MR) is 43.9 cm³/mol. The number of nitrogens with zero attached hydrogens (tertiary/aromatic N) is 1. The zero-order chi connectivity index (χ0) is 8.10. The van der Waals surface area contributed by atoms with E-state index in [1.54, 1.807) is 12.4 Å². The van der Waals surface area contributed by atoms with Gasteiger partial charge in [0.25, 0.3) is 0 Å². The first-order chi connectivity index (χ1) is 5.29. The second-order valence-electron chi connectivity index (χ2n) is 1.95. The molecule has 0 saturated heterocycles. The van der Waals surface area contributed by atoms with E-state index in [1.807, 2.05) is 12.1 Å². The minimum atomic E-state index is -0.0566. The molecule has 1 aromatic rings. The highest BCUT2D eigenvalue weighted by Crippen LogP contribution is 2.10. The van der Waals surface area contributed by atoms with Crippen molar-refractivity contribution < 1.29 is 4.79 Å². The van der Waals surface area contributed by atoms with Gasteiger partial charge in [-0.3, -0.25) is 14.5 Å². The molecule has 1 aromatic heterocycles. The standard InChI is InChI=1S/C7H8N2OS/c1-6(10)9-11-7-3-2-4-8-5-7/h2-5H,1H3,(H,9,10). The molecule has 4 heteroatoms. The average molecular weight is 168 g/mol. The van der Waals surface area contributed by atoms with E-state index in [1.165, 1.54) is 18.9 Å². The van der Waals surface area contributed by atoms with Gasteiger partial charge < -0.3 is 0 Å². The van der Waals surface area contributed by atoms with Crippen molar-refractivity contribution >= 4 is 17.9 Å². The first-order valence-electron chi connectivity index (χ1n) is 3.12. The summed E-state index contributed by atoms with van der Waals surface area (Å²) in [5.41, 5.74) is 0. The zero-order valence-corrected chi connectivity index (χ0v) is 6.89. The van der Waals surface area contributed by atoms with E-state index >= 15 is 0 Å². The van der Waals surface area contributed by atoms with Crippen LogP contribution in [0.25, 0.3) is 0 Å². The summed E-state index contributed by atoms with van der Waals surface area (Å²) in [6, 6.07) is 3.71. The Morgan fingerprint density at radius 2 is 2.55 bits per heavy atom. The van der Waals surface area contributed by atoms with Crippen molar-refractivity contribution in [2.24, 2.45) is 0 Å². The molecule has 0 aliphatic rings. The van der Waals surface area contributed by atoms with Crippen molar-refractivity contribution in [2.75, 3.05) is 0 Å². The van der Waals surface area contributed by atoms with Gasteiger partial charge >= 0.3 is 0 Å². The minimum absolute atomic E-state index is 0.0566. The van der Waals surface area contributed by atoms with Gasteiger partial charge in [0.2, 0.25) is 5.91 Å². The van der Waals surface area contributed by atoms with Gasteiger partial charge in [-0.25, -0.2) is 0 Å². The highest BCUT2D eigenvalue weighted by Gasteiger charge is 1.93. The number of carbonyl (C=O) groups excluding carboxylic acids is 1. The van der Waals surface area contributed by atoms with Crippen LogP contribution in [0.2, 0.25) is 0 Å². The second kappa shape index (κ2) is 3.98. The molecule has 1 amide bonds. The SMILES string of the molecule is CC(=O)NSc1cccnc1. The largest absolute Gasteiger partial charge is 0.296 e. The van der Waals surface area contributed by atoms with E-state index in [4.69, 9.17) is 0 Å². The van der Waals surface area contributed by atoms with Crippen LogP contribution in [0.4, 0.5) is 0 Å². The van der Waals surface area contributed by atoms with Crippen molar-refractivity contribution in [1.82, 2.24) is 9.71 Å². The van der Waals surface area contributed by atoms with Crippen molar-refractivity contribution in [3.05, 3.63) is 24.5 Å². The molecule has 0 fully saturated rings. The third-order valence-corrected chi connectivity index (χ3v) is 1.81. The molecule has 0 bridgehead atoms. The van der Waals surface area contributed by atoms with Crippen LogP contribution in [0.3, 0.4) is 0 Å². The quantitative estimate of drug-likeness (QED) is 0.675. The molecule has 0 aliphatic heterocycles. The number of amides is 1. The number of nitrogens with one attached hydrogen (secondary N) is 1. The number of hydrogen-bond donors (Lipinski definition) is 1. The number of pyridine rings is 1. The van der Waals surface area contributed by atoms with Crippen LogP contribution < -0.4 is 4.72 Å². The number of carbonyl (C=O) groups is 1. The third-order valence-electron chi connectivity index (χ3n) is 0.947. The molecule has 0 atom stereocenters. The Balaban J connectivity index is 2.45. The maximum Gasteiger partial charge on any atom is 0.226 e. The first kappa shape index (κ1) is 8.07. The Morgan fingerprint density at radius 3 is 3.09 bits per heavy atom. The molecule has 0 unspecified atom stereocenters. The van der Waals surface area contributed by atoms with Gasteiger partial charge in [-0.05, 0) is 24.1 Å². The molecule has 1 N–H and O–H groups in total. The van der Waals surface area contributed by atoms with Gasteiger partial charge in [0.1, 0.15) is 0 Å². The lowest BCUT2D eigenvalue weighted by Gasteiger charge is -1.98. The Bertz CT molecular complexity index is 237. The summed E-state index contributed by atoms with van der Waals surface area (Å²) < 4.78 is 2.60. The summed E-state index contributed by atoms with van der Waals surface area (Å²) in [7, 11) is 0. The molecule has 1 heterocycles. The Morgan fingerprint density at radius 1 is 1.73 bits per heavy atom. The molecule has 58 valence electrons. The minimum Gasteiger partial charge on any atom is -0.296 e. The van der Waals surface area contributed by atoms with E-state index in [0.29, 0.717) is 0 Å². The third kappa shape index (κ3) is 3.04. The smallest absolute Gasteiger partial charge is 0.226 e. The van der Waals surface area contributed by atoms with Crippen molar-refractivity contribution in [3.63, 3.8) is 0 Å². The highest BCUT2D eigenvalue weighted by atomic mass is 32.2. The average Bonchev–Trinajstić information content (AvgIpc) is 2.03. The van der Waals surface area contributed by atoms with E-state index in [-0.39, 0.29) is 5.91 Å². The van der Waals surface area contributed by atoms with Gasteiger partial charge in [-0.2, -0.15) is 0 Å². The molecule has 0 spiro atoms. The fourth-order valence-corrected chi connectivity index (χ4v) is 1.06. The summed E-state index contributed by atoms with van der Waals surface area (Å²) in [6.07, 6.45) is 3.39. The van der Waals surface area contributed by atoms with Gasteiger partial charge in [0.05, 0.1) is 0 Å². The lowest BCUT2D eigenvalue weighted by atomic mass is 10.5. The Kier molecular flexibility index (Phi) is 2.92. The monoisotopic (exact) mass is 168 g/mol. The van der Waals surface area contributed by atoms with Crippen molar-refractivity contribution in [3.8, 4) is 0 Å². The van der Waals surface area contributed by atoms with E-state index in [0.717, 1.165) is 4.90 Å². The number of rotatable bonds is 2. The van der Waals surface area contributed by atoms with E-state index < -0.39 is 0 Å². The van der Waals surface area contributed by atoms with Crippen LogP contribution >= 0.6 is 11.9 Å². The molecular weight excluding hydrogens is 160 g/mol. The molecule has 0 aliphatic carbocycles.